The zero-order chi connectivity index (χ0) is 13.7. The van der Waals surface area contributed by atoms with E-state index >= 15 is 0 Å². The standard InChI is InChI=1S/C16H19O2P/c1-12-7-3-5-9-14(12)17-16(11-19)18-15-10-6-4-8-13(15)2/h3-10,16H,11,19H2,1-2H3. The van der Waals surface area contributed by atoms with Gasteiger partial charge in [0, 0.05) is 6.16 Å². The summed E-state index contributed by atoms with van der Waals surface area (Å²) >= 11 is 0. The Morgan fingerprint density at radius 3 is 1.63 bits per heavy atom. The highest BCUT2D eigenvalue weighted by atomic mass is 31.0. The van der Waals surface area contributed by atoms with E-state index in [0.29, 0.717) is 6.16 Å². The molecule has 2 nitrogen and oxygen atoms in total. The molecule has 0 N–H and O–H groups in total. The van der Waals surface area contributed by atoms with Gasteiger partial charge in [0.25, 0.3) is 0 Å². The van der Waals surface area contributed by atoms with Gasteiger partial charge in [-0.2, -0.15) is 0 Å². The lowest BCUT2D eigenvalue weighted by molar-refractivity contribution is 0.0252. The molecule has 0 spiro atoms. The number of benzene rings is 2. The van der Waals surface area contributed by atoms with Crippen LogP contribution in [0.25, 0.3) is 0 Å². The lowest BCUT2D eigenvalue weighted by atomic mass is 10.2. The Hall–Kier alpha value is -1.53. The molecule has 2 aromatic carbocycles. The van der Waals surface area contributed by atoms with Crippen molar-refractivity contribution in [1.29, 1.82) is 0 Å². The first-order valence-corrected chi connectivity index (χ1v) is 7.17. The van der Waals surface area contributed by atoms with Gasteiger partial charge in [0.1, 0.15) is 11.5 Å². The minimum absolute atomic E-state index is 0.299. The van der Waals surface area contributed by atoms with Crippen molar-refractivity contribution in [3.63, 3.8) is 0 Å². The normalized spacial score (nSPS) is 10.5. The molecule has 1 atom stereocenters. The van der Waals surface area contributed by atoms with Crippen LogP contribution in [0.5, 0.6) is 11.5 Å². The van der Waals surface area contributed by atoms with Crippen LogP contribution in [-0.2, 0) is 0 Å². The van der Waals surface area contributed by atoms with Crippen LogP contribution < -0.4 is 9.47 Å². The first kappa shape index (κ1) is 13.9. The summed E-state index contributed by atoms with van der Waals surface area (Å²) in [5.41, 5.74) is 2.22. The van der Waals surface area contributed by atoms with Crippen molar-refractivity contribution in [1.82, 2.24) is 0 Å². The molecule has 0 saturated heterocycles. The summed E-state index contributed by atoms with van der Waals surface area (Å²) in [4.78, 5) is 0. The minimum Gasteiger partial charge on any atom is -0.454 e. The summed E-state index contributed by atoms with van der Waals surface area (Å²) in [5.74, 6) is 1.73. The molecule has 1 unspecified atom stereocenters. The molecule has 0 aliphatic carbocycles. The van der Waals surface area contributed by atoms with Gasteiger partial charge in [-0.25, -0.2) is 0 Å². The summed E-state index contributed by atoms with van der Waals surface area (Å²) < 4.78 is 11.8. The lowest BCUT2D eigenvalue weighted by Gasteiger charge is -2.21. The first-order chi connectivity index (χ1) is 9.20. The first-order valence-electron chi connectivity index (χ1n) is 6.35. The quantitative estimate of drug-likeness (QED) is 0.607. The van der Waals surface area contributed by atoms with E-state index in [1.54, 1.807) is 0 Å². The second-order valence-corrected chi connectivity index (χ2v) is 4.90. The summed E-state index contributed by atoms with van der Waals surface area (Å²) in [6.07, 6.45) is 0.412. The van der Waals surface area contributed by atoms with Gasteiger partial charge in [-0.3, -0.25) is 0 Å². The van der Waals surface area contributed by atoms with Crippen LogP contribution in [0, 0.1) is 13.8 Å². The van der Waals surface area contributed by atoms with E-state index in [9.17, 15) is 0 Å². The third kappa shape index (κ3) is 3.71. The number of para-hydroxylation sites is 2. The number of ether oxygens (including phenoxy) is 2. The summed E-state index contributed by atoms with van der Waals surface area (Å²) in [7, 11) is 2.67. The van der Waals surface area contributed by atoms with Gasteiger partial charge in [-0.05, 0) is 37.1 Å². The minimum atomic E-state index is -0.299. The van der Waals surface area contributed by atoms with E-state index in [2.05, 4.69) is 9.24 Å². The Morgan fingerprint density at radius 1 is 0.842 bits per heavy atom. The molecule has 0 amide bonds. The van der Waals surface area contributed by atoms with Gasteiger partial charge >= 0.3 is 0 Å². The molecule has 100 valence electrons. The monoisotopic (exact) mass is 274 g/mol. The van der Waals surface area contributed by atoms with Crippen molar-refractivity contribution in [2.24, 2.45) is 0 Å². The fourth-order valence-corrected chi connectivity index (χ4v) is 1.97. The van der Waals surface area contributed by atoms with Crippen molar-refractivity contribution >= 4 is 9.24 Å². The van der Waals surface area contributed by atoms with Crippen LogP contribution >= 0.6 is 9.24 Å². The zero-order valence-electron chi connectivity index (χ0n) is 11.3. The smallest absolute Gasteiger partial charge is 0.244 e. The van der Waals surface area contributed by atoms with Gasteiger partial charge in [0.05, 0.1) is 0 Å². The van der Waals surface area contributed by atoms with E-state index in [0.717, 1.165) is 22.6 Å². The molecule has 0 aliphatic heterocycles. The Kier molecular flexibility index (Phi) is 4.81. The molecule has 3 heteroatoms. The van der Waals surface area contributed by atoms with E-state index in [1.807, 2.05) is 62.4 Å². The maximum absolute atomic E-state index is 5.91. The Morgan fingerprint density at radius 2 is 1.26 bits per heavy atom. The van der Waals surface area contributed by atoms with Crippen LogP contribution in [0.15, 0.2) is 48.5 Å². The summed E-state index contributed by atoms with van der Waals surface area (Å²) in [6, 6.07) is 15.9. The predicted octanol–water partition coefficient (Wildman–Crippen LogP) is 3.96. The molecule has 19 heavy (non-hydrogen) atoms. The summed E-state index contributed by atoms with van der Waals surface area (Å²) in [5, 5.41) is 0. The van der Waals surface area contributed by atoms with E-state index in [4.69, 9.17) is 9.47 Å². The number of hydrogen-bond acceptors (Lipinski definition) is 2. The van der Waals surface area contributed by atoms with Crippen LogP contribution in [-0.4, -0.2) is 12.5 Å². The largest absolute Gasteiger partial charge is 0.454 e. The molecule has 0 fully saturated rings. The van der Waals surface area contributed by atoms with Crippen LogP contribution in [0.3, 0.4) is 0 Å². The molecule has 0 aliphatic rings. The van der Waals surface area contributed by atoms with E-state index in [1.165, 1.54) is 0 Å². The third-order valence-electron chi connectivity index (χ3n) is 2.90. The molecular formula is C16H19O2P. The SMILES string of the molecule is Cc1ccccc1OC(CP)Oc1ccccc1C. The highest BCUT2D eigenvalue weighted by Gasteiger charge is 2.12. The Bertz CT molecular complexity index is 492. The van der Waals surface area contributed by atoms with Crippen molar-refractivity contribution in [3.05, 3.63) is 59.7 Å². The Labute approximate surface area is 117 Å². The van der Waals surface area contributed by atoms with Crippen LogP contribution in [0.2, 0.25) is 0 Å². The lowest BCUT2D eigenvalue weighted by Crippen LogP contribution is -2.26. The fraction of sp³-hybridized carbons (Fsp3) is 0.250. The molecule has 2 aromatic rings. The average Bonchev–Trinajstić information content (AvgIpc) is 2.42. The topological polar surface area (TPSA) is 18.5 Å². The van der Waals surface area contributed by atoms with Gasteiger partial charge < -0.3 is 9.47 Å². The zero-order valence-corrected chi connectivity index (χ0v) is 12.5. The van der Waals surface area contributed by atoms with Crippen LogP contribution in [0.4, 0.5) is 0 Å². The second-order valence-electron chi connectivity index (χ2n) is 4.43. The van der Waals surface area contributed by atoms with Crippen molar-refractivity contribution in [3.8, 4) is 11.5 Å². The Balaban J connectivity index is 2.09. The van der Waals surface area contributed by atoms with Crippen molar-refractivity contribution in [2.45, 2.75) is 20.1 Å². The van der Waals surface area contributed by atoms with Crippen molar-refractivity contribution in [2.75, 3.05) is 6.16 Å². The average molecular weight is 274 g/mol. The van der Waals surface area contributed by atoms with E-state index < -0.39 is 0 Å². The fourth-order valence-electron chi connectivity index (χ4n) is 1.78. The molecule has 0 aromatic heterocycles. The number of rotatable bonds is 5. The van der Waals surface area contributed by atoms with E-state index in [-0.39, 0.29) is 6.29 Å². The van der Waals surface area contributed by atoms with Gasteiger partial charge in [-0.1, -0.05) is 36.4 Å². The highest BCUT2D eigenvalue weighted by Crippen LogP contribution is 2.22. The molecule has 0 bridgehead atoms. The van der Waals surface area contributed by atoms with Crippen LogP contribution in [0.1, 0.15) is 11.1 Å². The maximum Gasteiger partial charge on any atom is 0.244 e. The van der Waals surface area contributed by atoms with Gasteiger partial charge in [0.15, 0.2) is 0 Å². The van der Waals surface area contributed by atoms with Gasteiger partial charge in [0.2, 0.25) is 6.29 Å². The molecular weight excluding hydrogens is 255 g/mol. The maximum atomic E-state index is 5.91. The molecule has 0 radical (unpaired) electrons. The predicted molar refractivity (Wildman–Crippen MR) is 82.0 cm³/mol. The van der Waals surface area contributed by atoms with Gasteiger partial charge in [-0.15, -0.1) is 9.24 Å². The third-order valence-corrected chi connectivity index (χ3v) is 3.28. The second kappa shape index (κ2) is 6.58. The molecule has 0 saturated carbocycles. The summed E-state index contributed by atoms with van der Waals surface area (Å²) in [6.45, 7) is 4.06. The number of hydrogen-bond donors (Lipinski definition) is 0. The van der Waals surface area contributed by atoms with Crippen molar-refractivity contribution < 1.29 is 9.47 Å². The number of aryl methyl sites for hydroxylation is 2. The molecule has 2 rings (SSSR count). The highest BCUT2D eigenvalue weighted by molar-refractivity contribution is 7.16. The molecule has 0 heterocycles.